The van der Waals surface area contributed by atoms with Gasteiger partial charge in [-0.25, -0.2) is 0 Å². The number of ether oxygens (including phenoxy) is 1. The monoisotopic (exact) mass is 298 g/mol. The lowest BCUT2D eigenvalue weighted by molar-refractivity contribution is -0.146. The van der Waals surface area contributed by atoms with Gasteiger partial charge in [0.15, 0.2) is 0 Å². The van der Waals surface area contributed by atoms with E-state index >= 15 is 0 Å². The predicted molar refractivity (Wildman–Crippen MR) is 79.7 cm³/mol. The Morgan fingerprint density at radius 2 is 2.18 bits per heavy atom. The van der Waals surface area contributed by atoms with Gasteiger partial charge in [-0.15, -0.1) is 0 Å². The molecular weight excluding hydrogens is 280 g/mol. The molecule has 1 saturated carbocycles. The highest BCUT2D eigenvalue weighted by atomic mass is 16.5. The maximum absolute atomic E-state index is 11.5. The van der Waals surface area contributed by atoms with Gasteiger partial charge in [-0.3, -0.25) is 14.5 Å². The Kier molecular flexibility index (Phi) is 4.05. The van der Waals surface area contributed by atoms with Crippen LogP contribution in [0.1, 0.15) is 31.2 Å². The number of fused-ring (bicyclic) bond motifs is 1. The SMILES string of the molecule is COC(=O)C1CCC(Cn2cc3ncc(C#N)cc3n2)CC1. The molecule has 1 aliphatic carbocycles. The molecule has 0 atom stereocenters. The molecule has 3 rings (SSSR count). The number of aromatic nitrogens is 3. The smallest absolute Gasteiger partial charge is 0.308 e. The topological polar surface area (TPSA) is 80.8 Å². The van der Waals surface area contributed by atoms with E-state index in [4.69, 9.17) is 10.00 Å². The van der Waals surface area contributed by atoms with Crippen molar-refractivity contribution in [2.24, 2.45) is 11.8 Å². The van der Waals surface area contributed by atoms with Crippen LogP contribution < -0.4 is 0 Å². The van der Waals surface area contributed by atoms with Crippen LogP contribution in [-0.2, 0) is 16.1 Å². The van der Waals surface area contributed by atoms with Crippen LogP contribution in [-0.4, -0.2) is 27.8 Å². The highest BCUT2D eigenvalue weighted by molar-refractivity contribution is 5.74. The number of nitrogens with zero attached hydrogens (tertiary/aromatic N) is 4. The van der Waals surface area contributed by atoms with Crippen molar-refractivity contribution in [2.75, 3.05) is 7.11 Å². The molecule has 0 aliphatic heterocycles. The second kappa shape index (κ2) is 6.14. The standard InChI is InChI=1S/C16H18N4O2/c1-22-16(21)13-4-2-11(3-5-13)9-20-10-15-14(19-20)6-12(7-17)8-18-15/h6,8,10-11,13H,2-5,9H2,1H3. The van der Waals surface area contributed by atoms with Crippen LogP contribution in [0.15, 0.2) is 18.5 Å². The molecule has 22 heavy (non-hydrogen) atoms. The number of hydrogen-bond donors (Lipinski definition) is 0. The average Bonchev–Trinajstić information content (AvgIpc) is 2.95. The van der Waals surface area contributed by atoms with Crippen molar-refractivity contribution in [3.05, 3.63) is 24.0 Å². The van der Waals surface area contributed by atoms with Crippen molar-refractivity contribution in [1.29, 1.82) is 5.26 Å². The third-order valence-electron chi connectivity index (χ3n) is 4.36. The molecule has 0 unspecified atom stereocenters. The van der Waals surface area contributed by atoms with Crippen molar-refractivity contribution >= 4 is 17.0 Å². The fourth-order valence-corrected chi connectivity index (χ4v) is 3.12. The number of nitriles is 1. The third-order valence-corrected chi connectivity index (χ3v) is 4.36. The van der Waals surface area contributed by atoms with Crippen LogP contribution >= 0.6 is 0 Å². The van der Waals surface area contributed by atoms with Crippen LogP contribution in [0.5, 0.6) is 0 Å². The molecule has 0 bridgehead atoms. The van der Waals surface area contributed by atoms with Crippen LogP contribution in [0.3, 0.4) is 0 Å². The third kappa shape index (κ3) is 2.93. The van der Waals surface area contributed by atoms with Gasteiger partial charge in [0, 0.05) is 12.7 Å². The molecular formula is C16H18N4O2. The Balaban J connectivity index is 1.65. The average molecular weight is 298 g/mol. The molecule has 2 heterocycles. The number of pyridine rings is 1. The maximum atomic E-state index is 11.5. The second-order valence-electron chi connectivity index (χ2n) is 5.83. The minimum atomic E-state index is -0.0866. The zero-order valence-corrected chi connectivity index (χ0v) is 12.5. The number of esters is 1. The summed E-state index contributed by atoms with van der Waals surface area (Å²) >= 11 is 0. The summed E-state index contributed by atoms with van der Waals surface area (Å²) < 4.78 is 6.72. The minimum Gasteiger partial charge on any atom is -0.469 e. The van der Waals surface area contributed by atoms with E-state index in [2.05, 4.69) is 16.2 Å². The molecule has 2 aromatic rings. The van der Waals surface area contributed by atoms with E-state index in [0.29, 0.717) is 11.5 Å². The quantitative estimate of drug-likeness (QED) is 0.812. The van der Waals surface area contributed by atoms with Crippen molar-refractivity contribution in [3.63, 3.8) is 0 Å². The van der Waals surface area contributed by atoms with Gasteiger partial charge in [0.05, 0.1) is 24.8 Å². The fourth-order valence-electron chi connectivity index (χ4n) is 3.12. The zero-order chi connectivity index (χ0) is 15.5. The number of carbonyl (C=O) groups is 1. The van der Waals surface area contributed by atoms with Gasteiger partial charge in [-0.05, 0) is 37.7 Å². The van der Waals surface area contributed by atoms with Crippen molar-refractivity contribution in [3.8, 4) is 6.07 Å². The van der Waals surface area contributed by atoms with E-state index in [0.717, 1.165) is 43.3 Å². The first kappa shape index (κ1) is 14.5. The summed E-state index contributed by atoms with van der Waals surface area (Å²) in [6.07, 6.45) is 7.27. The highest BCUT2D eigenvalue weighted by Crippen LogP contribution is 2.30. The second-order valence-corrected chi connectivity index (χ2v) is 5.83. The lowest BCUT2D eigenvalue weighted by Crippen LogP contribution is -2.25. The largest absolute Gasteiger partial charge is 0.469 e. The van der Waals surface area contributed by atoms with Gasteiger partial charge in [-0.2, -0.15) is 10.4 Å². The Hall–Kier alpha value is -2.42. The first-order valence-electron chi connectivity index (χ1n) is 7.50. The van der Waals surface area contributed by atoms with Gasteiger partial charge in [0.25, 0.3) is 0 Å². The van der Waals surface area contributed by atoms with Crippen molar-refractivity contribution in [2.45, 2.75) is 32.2 Å². The molecule has 1 fully saturated rings. The molecule has 2 aromatic heterocycles. The van der Waals surface area contributed by atoms with Crippen LogP contribution in [0, 0.1) is 23.2 Å². The van der Waals surface area contributed by atoms with E-state index in [9.17, 15) is 4.79 Å². The Bertz CT molecular complexity index is 723. The highest BCUT2D eigenvalue weighted by Gasteiger charge is 2.27. The summed E-state index contributed by atoms with van der Waals surface area (Å²) in [7, 11) is 1.45. The molecule has 0 amide bonds. The lowest BCUT2D eigenvalue weighted by atomic mass is 9.82. The molecule has 0 radical (unpaired) electrons. The van der Waals surface area contributed by atoms with Gasteiger partial charge in [-0.1, -0.05) is 0 Å². The van der Waals surface area contributed by atoms with Gasteiger partial charge in [0.2, 0.25) is 0 Å². The summed E-state index contributed by atoms with van der Waals surface area (Å²) in [5.74, 6) is 0.486. The van der Waals surface area contributed by atoms with E-state index < -0.39 is 0 Å². The van der Waals surface area contributed by atoms with Gasteiger partial charge < -0.3 is 4.74 Å². The van der Waals surface area contributed by atoms with Gasteiger partial charge >= 0.3 is 5.97 Å². The first-order valence-corrected chi connectivity index (χ1v) is 7.50. The molecule has 0 spiro atoms. The Labute approximate surface area is 128 Å². The molecule has 0 aromatic carbocycles. The summed E-state index contributed by atoms with van der Waals surface area (Å²) in [5, 5.41) is 13.4. The molecule has 0 N–H and O–H groups in total. The van der Waals surface area contributed by atoms with E-state index in [1.807, 2.05) is 10.9 Å². The van der Waals surface area contributed by atoms with Crippen LogP contribution in [0.25, 0.3) is 11.0 Å². The maximum Gasteiger partial charge on any atom is 0.308 e. The Morgan fingerprint density at radius 1 is 1.41 bits per heavy atom. The van der Waals surface area contributed by atoms with Crippen LogP contribution in [0.2, 0.25) is 0 Å². The van der Waals surface area contributed by atoms with Gasteiger partial charge in [0.1, 0.15) is 17.1 Å². The number of rotatable bonds is 3. The number of hydrogen-bond acceptors (Lipinski definition) is 5. The molecule has 6 nitrogen and oxygen atoms in total. The minimum absolute atomic E-state index is 0.0535. The summed E-state index contributed by atoms with van der Waals surface area (Å²) in [4.78, 5) is 15.8. The van der Waals surface area contributed by atoms with Crippen LogP contribution in [0.4, 0.5) is 0 Å². The fraction of sp³-hybridized carbons (Fsp3) is 0.500. The lowest BCUT2D eigenvalue weighted by Gasteiger charge is -2.26. The predicted octanol–water partition coefficient (Wildman–Crippen LogP) is 2.28. The van der Waals surface area contributed by atoms with E-state index in [1.165, 1.54) is 7.11 Å². The number of carbonyl (C=O) groups excluding carboxylic acids is 1. The molecule has 1 aliphatic rings. The van der Waals surface area contributed by atoms with Crippen molar-refractivity contribution < 1.29 is 9.53 Å². The molecule has 6 heteroatoms. The molecule has 0 saturated heterocycles. The van der Waals surface area contributed by atoms with Crippen molar-refractivity contribution in [1.82, 2.24) is 14.8 Å². The Morgan fingerprint density at radius 3 is 2.86 bits per heavy atom. The zero-order valence-electron chi connectivity index (χ0n) is 12.5. The molecule has 114 valence electrons. The first-order chi connectivity index (χ1) is 10.7. The van der Waals surface area contributed by atoms with E-state index in [-0.39, 0.29) is 11.9 Å². The summed E-state index contributed by atoms with van der Waals surface area (Å²) in [5.41, 5.74) is 2.08. The van der Waals surface area contributed by atoms with E-state index in [1.54, 1.807) is 12.3 Å². The summed E-state index contributed by atoms with van der Waals surface area (Å²) in [6.45, 7) is 0.826. The normalized spacial score (nSPS) is 21.5. The number of methoxy groups -OCH3 is 1. The summed E-state index contributed by atoms with van der Waals surface area (Å²) in [6, 6.07) is 3.83.